The third kappa shape index (κ3) is 3.91. The van der Waals surface area contributed by atoms with E-state index in [1.165, 1.54) is 0 Å². The van der Waals surface area contributed by atoms with Crippen molar-refractivity contribution in [3.05, 3.63) is 54.2 Å². The molecular formula is C21H24N6O2. The number of aromatic nitrogens is 5. The summed E-state index contributed by atoms with van der Waals surface area (Å²) in [5.74, 6) is 0.469. The number of pyridine rings is 1. The van der Waals surface area contributed by atoms with Crippen molar-refractivity contribution in [2.45, 2.75) is 39.8 Å². The molecule has 0 aromatic carbocycles. The number of amides is 1. The van der Waals surface area contributed by atoms with Gasteiger partial charge < -0.3 is 9.73 Å². The smallest absolute Gasteiger partial charge is 0.252 e. The largest absolute Gasteiger partial charge is 0.463 e. The minimum Gasteiger partial charge on any atom is -0.463 e. The highest BCUT2D eigenvalue weighted by molar-refractivity contribution is 6.06. The first-order valence-electron chi connectivity index (χ1n) is 9.72. The normalized spacial score (nSPS) is 11.4. The molecule has 0 atom stereocenters. The molecule has 1 amide bonds. The number of hydrogen-bond donors (Lipinski definition) is 1. The van der Waals surface area contributed by atoms with E-state index < -0.39 is 0 Å². The lowest BCUT2D eigenvalue weighted by Gasteiger charge is -2.10. The van der Waals surface area contributed by atoms with Crippen molar-refractivity contribution in [3.8, 4) is 11.5 Å². The van der Waals surface area contributed by atoms with Gasteiger partial charge in [0.2, 0.25) is 0 Å². The molecule has 150 valence electrons. The number of hydrogen-bond acceptors (Lipinski definition) is 5. The van der Waals surface area contributed by atoms with Gasteiger partial charge in [-0.1, -0.05) is 0 Å². The van der Waals surface area contributed by atoms with Crippen LogP contribution in [-0.4, -0.2) is 37.0 Å². The predicted molar refractivity (Wildman–Crippen MR) is 110 cm³/mol. The van der Waals surface area contributed by atoms with Crippen molar-refractivity contribution in [2.24, 2.45) is 0 Å². The SMILES string of the molecule is Cc1cnn(CCCNC(=O)c2cc(-c3ccco3)nc3c2cnn3C(C)C)c1. The van der Waals surface area contributed by atoms with E-state index in [1.54, 1.807) is 24.6 Å². The van der Waals surface area contributed by atoms with Gasteiger partial charge in [0, 0.05) is 25.3 Å². The molecule has 0 spiro atoms. The van der Waals surface area contributed by atoms with Crippen LogP contribution in [-0.2, 0) is 6.54 Å². The van der Waals surface area contributed by atoms with Gasteiger partial charge in [0.25, 0.3) is 5.91 Å². The van der Waals surface area contributed by atoms with Crippen molar-refractivity contribution in [2.75, 3.05) is 6.54 Å². The number of nitrogens with zero attached hydrogens (tertiary/aromatic N) is 5. The third-order valence-electron chi connectivity index (χ3n) is 4.69. The van der Waals surface area contributed by atoms with Crippen LogP contribution in [0.5, 0.6) is 0 Å². The predicted octanol–water partition coefficient (Wildman–Crippen LogP) is 3.60. The second-order valence-corrected chi connectivity index (χ2v) is 7.34. The summed E-state index contributed by atoms with van der Waals surface area (Å²) in [5.41, 5.74) is 2.96. The molecule has 4 heterocycles. The number of carbonyl (C=O) groups excluding carboxylic acids is 1. The van der Waals surface area contributed by atoms with Gasteiger partial charge in [0.05, 0.1) is 29.6 Å². The van der Waals surface area contributed by atoms with Gasteiger partial charge in [0.1, 0.15) is 5.69 Å². The minimum absolute atomic E-state index is 0.125. The third-order valence-corrected chi connectivity index (χ3v) is 4.69. The van der Waals surface area contributed by atoms with Crippen LogP contribution < -0.4 is 5.32 Å². The van der Waals surface area contributed by atoms with E-state index in [0.29, 0.717) is 29.2 Å². The summed E-state index contributed by atoms with van der Waals surface area (Å²) in [7, 11) is 0. The first-order chi connectivity index (χ1) is 14.0. The summed E-state index contributed by atoms with van der Waals surface area (Å²) < 4.78 is 9.20. The highest BCUT2D eigenvalue weighted by atomic mass is 16.3. The van der Waals surface area contributed by atoms with Crippen LogP contribution in [0, 0.1) is 6.92 Å². The van der Waals surface area contributed by atoms with E-state index in [0.717, 1.165) is 23.9 Å². The molecule has 4 aromatic heterocycles. The van der Waals surface area contributed by atoms with E-state index in [2.05, 4.69) is 15.5 Å². The first-order valence-corrected chi connectivity index (χ1v) is 9.72. The standard InChI is InChI=1S/C21H24N6O2/c1-14(2)27-20-17(12-24-27)16(10-18(25-20)19-6-4-9-29-19)21(28)22-7-5-8-26-13-15(3)11-23-26/h4,6,9-14H,5,7-8H2,1-3H3,(H,22,28). The lowest BCUT2D eigenvalue weighted by Crippen LogP contribution is -2.25. The maximum absolute atomic E-state index is 12.9. The zero-order valence-corrected chi connectivity index (χ0v) is 16.8. The van der Waals surface area contributed by atoms with E-state index in [4.69, 9.17) is 9.40 Å². The highest BCUT2D eigenvalue weighted by Crippen LogP contribution is 2.26. The zero-order chi connectivity index (χ0) is 20.4. The summed E-state index contributed by atoms with van der Waals surface area (Å²) in [4.78, 5) is 17.6. The van der Waals surface area contributed by atoms with E-state index >= 15 is 0 Å². The second-order valence-electron chi connectivity index (χ2n) is 7.34. The van der Waals surface area contributed by atoms with Crippen molar-refractivity contribution >= 4 is 16.9 Å². The fraction of sp³-hybridized carbons (Fsp3) is 0.333. The molecular weight excluding hydrogens is 368 g/mol. The van der Waals surface area contributed by atoms with Crippen LogP contribution in [0.2, 0.25) is 0 Å². The molecule has 0 aliphatic carbocycles. The topological polar surface area (TPSA) is 90.8 Å². The molecule has 0 aliphatic heterocycles. The Hall–Kier alpha value is -3.42. The molecule has 4 aromatic rings. The van der Waals surface area contributed by atoms with Crippen molar-refractivity contribution in [3.63, 3.8) is 0 Å². The summed E-state index contributed by atoms with van der Waals surface area (Å²) in [5, 5.41) is 12.4. The Balaban J connectivity index is 1.57. The number of furan rings is 1. The molecule has 0 saturated carbocycles. The Bertz CT molecular complexity index is 1120. The number of carbonyl (C=O) groups is 1. The number of fused-ring (bicyclic) bond motifs is 1. The van der Waals surface area contributed by atoms with Gasteiger partial charge in [0.15, 0.2) is 11.4 Å². The Morgan fingerprint density at radius 2 is 2.14 bits per heavy atom. The molecule has 0 radical (unpaired) electrons. The van der Waals surface area contributed by atoms with Crippen LogP contribution >= 0.6 is 0 Å². The van der Waals surface area contributed by atoms with E-state index in [-0.39, 0.29) is 11.9 Å². The summed E-state index contributed by atoms with van der Waals surface area (Å²) in [6.07, 6.45) is 7.91. The van der Waals surface area contributed by atoms with E-state index in [1.807, 2.05) is 48.6 Å². The fourth-order valence-corrected chi connectivity index (χ4v) is 3.26. The Kier molecular flexibility index (Phi) is 5.16. The Labute approximate surface area is 168 Å². The summed E-state index contributed by atoms with van der Waals surface area (Å²) in [6.45, 7) is 7.38. The van der Waals surface area contributed by atoms with Gasteiger partial charge >= 0.3 is 0 Å². The second kappa shape index (κ2) is 7.90. The maximum Gasteiger partial charge on any atom is 0.252 e. The maximum atomic E-state index is 12.9. The highest BCUT2D eigenvalue weighted by Gasteiger charge is 2.19. The van der Waals surface area contributed by atoms with Crippen molar-refractivity contribution in [1.29, 1.82) is 0 Å². The zero-order valence-electron chi connectivity index (χ0n) is 16.8. The average molecular weight is 392 g/mol. The molecule has 8 heteroatoms. The number of rotatable bonds is 7. The van der Waals surface area contributed by atoms with Crippen molar-refractivity contribution in [1.82, 2.24) is 29.9 Å². The number of aryl methyl sites for hydroxylation is 2. The molecule has 0 saturated heterocycles. The van der Waals surface area contributed by atoms with Gasteiger partial charge in [-0.2, -0.15) is 10.2 Å². The molecule has 4 rings (SSSR count). The van der Waals surface area contributed by atoms with Crippen LogP contribution in [0.25, 0.3) is 22.5 Å². The molecule has 0 aliphatic rings. The molecule has 8 nitrogen and oxygen atoms in total. The summed E-state index contributed by atoms with van der Waals surface area (Å²) >= 11 is 0. The van der Waals surface area contributed by atoms with Crippen LogP contribution in [0.4, 0.5) is 0 Å². The van der Waals surface area contributed by atoms with Gasteiger partial charge in [-0.3, -0.25) is 9.48 Å². The molecule has 1 N–H and O–H groups in total. The summed E-state index contributed by atoms with van der Waals surface area (Å²) in [6, 6.07) is 5.52. The van der Waals surface area contributed by atoms with Crippen molar-refractivity contribution < 1.29 is 9.21 Å². The van der Waals surface area contributed by atoms with Crippen LogP contribution in [0.1, 0.15) is 42.2 Å². The monoisotopic (exact) mass is 392 g/mol. The average Bonchev–Trinajstić information content (AvgIpc) is 3.44. The van der Waals surface area contributed by atoms with Gasteiger partial charge in [-0.05, 0) is 51.0 Å². The van der Waals surface area contributed by atoms with Crippen LogP contribution in [0.15, 0.2) is 47.5 Å². The molecule has 0 fully saturated rings. The van der Waals surface area contributed by atoms with E-state index in [9.17, 15) is 4.79 Å². The first kappa shape index (κ1) is 18.9. The number of nitrogens with one attached hydrogen (secondary N) is 1. The Morgan fingerprint density at radius 3 is 2.83 bits per heavy atom. The van der Waals surface area contributed by atoms with Crippen LogP contribution in [0.3, 0.4) is 0 Å². The lowest BCUT2D eigenvalue weighted by molar-refractivity contribution is 0.0954. The van der Waals surface area contributed by atoms with Gasteiger partial charge in [-0.25, -0.2) is 9.67 Å². The lowest BCUT2D eigenvalue weighted by atomic mass is 10.1. The molecule has 0 unspecified atom stereocenters. The minimum atomic E-state index is -0.148. The quantitative estimate of drug-likeness (QED) is 0.485. The molecule has 29 heavy (non-hydrogen) atoms. The molecule has 0 bridgehead atoms. The fourth-order valence-electron chi connectivity index (χ4n) is 3.26. The Morgan fingerprint density at radius 1 is 1.28 bits per heavy atom. The van der Waals surface area contributed by atoms with Gasteiger partial charge in [-0.15, -0.1) is 0 Å².